The summed E-state index contributed by atoms with van der Waals surface area (Å²) in [5, 5.41) is 0. The summed E-state index contributed by atoms with van der Waals surface area (Å²) < 4.78 is 2.39. The van der Waals surface area contributed by atoms with Gasteiger partial charge in [-0.05, 0) is 0 Å². The number of alkyl halides is 1. The largest absolute Gasteiger partial charge is 1.00 e. The van der Waals surface area contributed by atoms with Crippen LogP contribution in [0.25, 0.3) is 0 Å². The van der Waals surface area contributed by atoms with Crippen LogP contribution in [0.3, 0.4) is 0 Å². The Morgan fingerprint density at radius 3 is 1.78 bits per heavy atom. The minimum Gasteiger partial charge on any atom is -1.00 e. The van der Waals surface area contributed by atoms with Crippen molar-refractivity contribution in [3.05, 3.63) is 0 Å². The maximum atomic E-state index is 2.42. The van der Waals surface area contributed by atoms with E-state index < -0.39 is 0 Å². The fourth-order valence-electron chi connectivity index (χ4n) is 0.534. The fraction of sp³-hybridized carbons (Fsp3) is 1.00. The second kappa shape index (κ2) is 6.15. The highest BCUT2D eigenvalue weighted by Crippen LogP contribution is 1.95. The van der Waals surface area contributed by atoms with Crippen LogP contribution in [-0.4, -0.2) is 36.6 Å². The highest BCUT2D eigenvalue weighted by Gasteiger charge is 2.03. The molecule has 1 nitrogen and oxygen atoms in total. The summed E-state index contributed by atoms with van der Waals surface area (Å²) in [7, 11) is 6.69. The van der Waals surface area contributed by atoms with Crippen molar-refractivity contribution in [2.75, 3.05) is 32.1 Å². The Balaban J connectivity index is 0. The zero-order valence-electron chi connectivity index (χ0n) is 6.32. The third-order valence-electron chi connectivity index (χ3n) is 0.963. The van der Waals surface area contributed by atoms with Gasteiger partial charge >= 0.3 is 0 Å². The van der Waals surface area contributed by atoms with Gasteiger partial charge in [0.25, 0.3) is 0 Å². The van der Waals surface area contributed by atoms with Crippen LogP contribution in [0.15, 0.2) is 0 Å². The summed E-state index contributed by atoms with van der Waals surface area (Å²) in [4.78, 5) is 0. The van der Waals surface area contributed by atoms with Gasteiger partial charge in [0.15, 0.2) is 0 Å². The van der Waals surface area contributed by atoms with E-state index in [4.69, 9.17) is 0 Å². The monoisotopic (exact) mass is 355 g/mol. The summed E-state index contributed by atoms with van der Waals surface area (Å²) in [5.74, 6) is 0. The Morgan fingerprint density at radius 1 is 1.22 bits per heavy atom. The summed E-state index contributed by atoms with van der Waals surface area (Å²) in [6.45, 7) is 1.29. The summed E-state index contributed by atoms with van der Waals surface area (Å²) in [6, 6.07) is 0. The second-order valence-corrected chi connectivity index (χ2v) is 4.14. The predicted octanol–water partition coefficient (Wildman–Crippen LogP) is -1.48. The molecule has 0 saturated carbocycles. The fourth-order valence-corrected chi connectivity index (χ4v) is 0.875. The molecule has 0 amide bonds. The lowest BCUT2D eigenvalue weighted by Crippen LogP contribution is -3.00. The third kappa shape index (κ3) is 12.6. The maximum absolute atomic E-state index is 2.42. The van der Waals surface area contributed by atoms with Crippen molar-refractivity contribution in [2.24, 2.45) is 0 Å². The van der Waals surface area contributed by atoms with Gasteiger partial charge in [0.1, 0.15) is 0 Å². The molecular formula is C6H15I2N. The smallest absolute Gasteiger partial charge is 0.0787 e. The van der Waals surface area contributed by atoms with Crippen molar-refractivity contribution in [3.63, 3.8) is 0 Å². The van der Waals surface area contributed by atoms with Gasteiger partial charge in [-0.1, -0.05) is 22.6 Å². The van der Waals surface area contributed by atoms with Crippen molar-refractivity contribution in [3.8, 4) is 0 Å². The Hall–Kier alpha value is 1.42. The maximum Gasteiger partial charge on any atom is 0.0787 e. The first-order valence-electron chi connectivity index (χ1n) is 2.93. The zero-order valence-corrected chi connectivity index (χ0v) is 10.6. The second-order valence-electron chi connectivity index (χ2n) is 3.06. The molecule has 0 aromatic carbocycles. The van der Waals surface area contributed by atoms with E-state index in [2.05, 4.69) is 43.7 Å². The lowest BCUT2D eigenvalue weighted by molar-refractivity contribution is -0.870. The minimum absolute atomic E-state index is 0. The Labute approximate surface area is 88.9 Å². The molecule has 0 aromatic rings. The molecule has 0 unspecified atom stereocenters. The molecule has 9 heavy (non-hydrogen) atoms. The van der Waals surface area contributed by atoms with Crippen LogP contribution in [0.2, 0.25) is 0 Å². The van der Waals surface area contributed by atoms with E-state index in [-0.39, 0.29) is 24.0 Å². The van der Waals surface area contributed by atoms with Crippen LogP contribution in [0.4, 0.5) is 0 Å². The number of hydrogen-bond donors (Lipinski definition) is 0. The number of rotatable bonds is 3. The van der Waals surface area contributed by atoms with Gasteiger partial charge in [-0.25, -0.2) is 0 Å². The van der Waals surface area contributed by atoms with Crippen molar-refractivity contribution in [2.45, 2.75) is 6.42 Å². The molecule has 0 rings (SSSR count). The van der Waals surface area contributed by atoms with E-state index >= 15 is 0 Å². The van der Waals surface area contributed by atoms with E-state index in [1.54, 1.807) is 0 Å². The van der Waals surface area contributed by atoms with E-state index in [9.17, 15) is 0 Å². The zero-order chi connectivity index (χ0) is 6.62. The molecular weight excluding hydrogens is 340 g/mol. The average Bonchev–Trinajstić information content (AvgIpc) is 1.59. The molecule has 0 aliphatic heterocycles. The molecule has 0 radical (unpaired) electrons. The molecule has 0 saturated heterocycles. The van der Waals surface area contributed by atoms with Crippen LogP contribution >= 0.6 is 22.6 Å². The van der Waals surface area contributed by atoms with Crippen molar-refractivity contribution < 1.29 is 28.5 Å². The summed E-state index contributed by atoms with van der Waals surface area (Å²) >= 11 is 2.42. The molecule has 0 heterocycles. The summed E-state index contributed by atoms with van der Waals surface area (Å²) in [5.41, 5.74) is 0. The van der Waals surface area contributed by atoms with Crippen LogP contribution < -0.4 is 24.0 Å². The van der Waals surface area contributed by atoms with Gasteiger partial charge in [-0.2, -0.15) is 0 Å². The lowest BCUT2D eigenvalue weighted by atomic mass is 10.4. The molecule has 0 bridgehead atoms. The van der Waals surface area contributed by atoms with Crippen LogP contribution in [0.5, 0.6) is 0 Å². The molecule has 0 spiro atoms. The average molecular weight is 355 g/mol. The topological polar surface area (TPSA) is 0 Å². The lowest BCUT2D eigenvalue weighted by Gasteiger charge is -2.22. The molecule has 0 aromatic heterocycles. The Bertz CT molecular complexity index is 58.6. The molecule has 0 fully saturated rings. The first-order chi connectivity index (χ1) is 3.56. The first kappa shape index (κ1) is 13.0. The Kier molecular flexibility index (Phi) is 8.91. The molecule has 58 valence electrons. The quantitative estimate of drug-likeness (QED) is 0.329. The van der Waals surface area contributed by atoms with Crippen LogP contribution in [0.1, 0.15) is 6.42 Å². The van der Waals surface area contributed by atoms with Crippen LogP contribution in [-0.2, 0) is 0 Å². The standard InChI is InChI=1S/C6H15IN.HI/c1-8(2,3)6-4-5-7;/h4-6H2,1-3H3;1H/q+1;/p-1. The van der Waals surface area contributed by atoms with E-state index in [1.807, 2.05) is 0 Å². The van der Waals surface area contributed by atoms with Gasteiger partial charge in [0.05, 0.1) is 27.7 Å². The van der Waals surface area contributed by atoms with Crippen molar-refractivity contribution >= 4 is 22.6 Å². The SMILES string of the molecule is C[N+](C)(C)CCCI.[I-]. The van der Waals surface area contributed by atoms with E-state index in [0.29, 0.717) is 0 Å². The predicted molar refractivity (Wildman–Crippen MR) is 46.4 cm³/mol. The molecule has 0 aliphatic carbocycles. The number of nitrogens with zero attached hydrogens (tertiary/aromatic N) is 1. The molecule has 0 N–H and O–H groups in total. The normalized spacial score (nSPS) is 10.7. The number of hydrogen-bond acceptors (Lipinski definition) is 0. The number of quaternary nitrogens is 1. The van der Waals surface area contributed by atoms with Gasteiger partial charge in [0.2, 0.25) is 0 Å². The first-order valence-corrected chi connectivity index (χ1v) is 4.45. The van der Waals surface area contributed by atoms with Gasteiger partial charge in [-0.3, -0.25) is 0 Å². The van der Waals surface area contributed by atoms with Gasteiger partial charge in [-0.15, -0.1) is 0 Å². The van der Waals surface area contributed by atoms with Crippen molar-refractivity contribution in [1.82, 2.24) is 0 Å². The van der Waals surface area contributed by atoms with E-state index in [0.717, 1.165) is 4.48 Å². The molecule has 0 aliphatic rings. The van der Waals surface area contributed by atoms with Crippen molar-refractivity contribution in [1.29, 1.82) is 0 Å². The van der Waals surface area contributed by atoms with Crippen LogP contribution in [0, 0.1) is 0 Å². The van der Waals surface area contributed by atoms with Gasteiger partial charge in [0, 0.05) is 10.8 Å². The third-order valence-corrected chi connectivity index (χ3v) is 1.73. The van der Waals surface area contributed by atoms with Gasteiger partial charge < -0.3 is 28.5 Å². The molecule has 0 atom stereocenters. The minimum atomic E-state index is 0. The molecule has 3 heteroatoms. The highest BCUT2D eigenvalue weighted by atomic mass is 127. The number of halogens is 2. The van der Waals surface area contributed by atoms with E-state index in [1.165, 1.54) is 17.4 Å². The summed E-state index contributed by atoms with van der Waals surface area (Å²) in [6.07, 6.45) is 1.34. The highest BCUT2D eigenvalue weighted by molar-refractivity contribution is 14.1. The Morgan fingerprint density at radius 2 is 1.67 bits per heavy atom.